The van der Waals surface area contributed by atoms with Crippen molar-refractivity contribution in [3.8, 4) is 0 Å². The van der Waals surface area contributed by atoms with E-state index in [-0.39, 0.29) is 11.9 Å². The van der Waals surface area contributed by atoms with Crippen molar-refractivity contribution in [1.82, 2.24) is 10.2 Å². The molecule has 0 radical (unpaired) electrons. The smallest absolute Gasteiger partial charge is 0.320 e. The van der Waals surface area contributed by atoms with Crippen molar-refractivity contribution in [2.24, 2.45) is 5.92 Å². The number of nitrogens with one attached hydrogen (secondary N) is 1. The average Bonchev–Trinajstić information content (AvgIpc) is 2.74. The number of aliphatic carboxylic acids is 1. The zero-order valence-electron chi connectivity index (χ0n) is 12.5. The summed E-state index contributed by atoms with van der Waals surface area (Å²) in [7, 11) is 0. The van der Waals surface area contributed by atoms with E-state index in [2.05, 4.69) is 10.2 Å². The van der Waals surface area contributed by atoms with Crippen LogP contribution in [0.25, 0.3) is 0 Å². The summed E-state index contributed by atoms with van der Waals surface area (Å²) >= 11 is 0. The second-order valence-electron chi connectivity index (χ2n) is 6.41. The van der Waals surface area contributed by atoms with Crippen molar-refractivity contribution in [1.29, 1.82) is 0 Å². The van der Waals surface area contributed by atoms with E-state index in [0.717, 1.165) is 19.3 Å². The highest BCUT2D eigenvalue weighted by Crippen LogP contribution is 2.39. The van der Waals surface area contributed by atoms with Gasteiger partial charge in [-0.25, -0.2) is 0 Å². The Morgan fingerprint density at radius 3 is 2.65 bits per heavy atom. The molecule has 1 aliphatic carbocycles. The van der Waals surface area contributed by atoms with Crippen LogP contribution in [0.1, 0.15) is 52.4 Å². The molecule has 0 aromatic heterocycles. The topological polar surface area (TPSA) is 69.6 Å². The fourth-order valence-electron chi connectivity index (χ4n) is 3.74. The molecule has 0 aromatic rings. The molecule has 0 aromatic carbocycles. The van der Waals surface area contributed by atoms with Crippen LogP contribution in [0.5, 0.6) is 0 Å². The van der Waals surface area contributed by atoms with Gasteiger partial charge < -0.3 is 10.4 Å². The molecule has 2 N–H and O–H groups in total. The third kappa shape index (κ3) is 3.51. The average molecular weight is 282 g/mol. The molecule has 1 amide bonds. The summed E-state index contributed by atoms with van der Waals surface area (Å²) in [5, 5.41) is 12.3. The molecule has 5 nitrogen and oxygen atoms in total. The Balaban J connectivity index is 1.95. The summed E-state index contributed by atoms with van der Waals surface area (Å²) in [5.41, 5.74) is 0. The highest BCUT2D eigenvalue weighted by atomic mass is 16.4. The molecule has 1 aliphatic heterocycles. The molecule has 2 rings (SSSR count). The van der Waals surface area contributed by atoms with E-state index in [0.29, 0.717) is 24.9 Å². The van der Waals surface area contributed by atoms with Gasteiger partial charge in [-0.3, -0.25) is 14.5 Å². The summed E-state index contributed by atoms with van der Waals surface area (Å²) in [4.78, 5) is 25.3. The lowest BCUT2D eigenvalue weighted by molar-refractivity contribution is -0.143. The van der Waals surface area contributed by atoms with Crippen molar-refractivity contribution in [3.05, 3.63) is 0 Å². The fraction of sp³-hybridized carbons (Fsp3) is 0.867. The zero-order chi connectivity index (χ0) is 14.7. The third-order valence-electron chi connectivity index (χ3n) is 4.55. The van der Waals surface area contributed by atoms with Gasteiger partial charge in [0.25, 0.3) is 0 Å². The van der Waals surface area contributed by atoms with Crippen molar-refractivity contribution < 1.29 is 14.7 Å². The lowest BCUT2D eigenvalue weighted by Crippen LogP contribution is -2.44. The summed E-state index contributed by atoms with van der Waals surface area (Å²) in [6.07, 6.45) is 5.78. The first-order valence-electron chi connectivity index (χ1n) is 7.77. The highest BCUT2D eigenvalue weighted by molar-refractivity contribution is 5.77. The molecule has 114 valence electrons. The van der Waals surface area contributed by atoms with Gasteiger partial charge in [0.2, 0.25) is 5.91 Å². The molecule has 1 heterocycles. The first-order chi connectivity index (χ1) is 9.49. The van der Waals surface area contributed by atoms with E-state index >= 15 is 0 Å². The third-order valence-corrected chi connectivity index (χ3v) is 4.55. The lowest BCUT2D eigenvalue weighted by Gasteiger charge is -2.32. The molecule has 20 heavy (non-hydrogen) atoms. The number of nitrogens with zero attached hydrogens (tertiary/aromatic N) is 1. The predicted molar refractivity (Wildman–Crippen MR) is 76.4 cm³/mol. The molecule has 5 heteroatoms. The SMILES string of the molecule is CC(C)NC(=O)CCN1C(C(=O)O)CC2CCCCC21. The number of carbonyl (C=O) groups is 2. The first kappa shape index (κ1) is 15.3. The molecular weight excluding hydrogens is 256 g/mol. The fourth-order valence-corrected chi connectivity index (χ4v) is 3.74. The highest BCUT2D eigenvalue weighted by Gasteiger charge is 2.44. The van der Waals surface area contributed by atoms with Gasteiger partial charge in [-0.2, -0.15) is 0 Å². The number of carboxylic acid groups (broad SMARTS) is 1. The minimum atomic E-state index is -0.733. The summed E-state index contributed by atoms with van der Waals surface area (Å²) < 4.78 is 0. The van der Waals surface area contributed by atoms with Crippen LogP contribution in [0, 0.1) is 5.92 Å². The number of carbonyl (C=O) groups excluding carboxylic acids is 1. The van der Waals surface area contributed by atoms with Gasteiger partial charge >= 0.3 is 5.97 Å². The van der Waals surface area contributed by atoms with Crippen LogP contribution in [0.2, 0.25) is 0 Å². The van der Waals surface area contributed by atoms with Crippen LogP contribution in [-0.2, 0) is 9.59 Å². The van der Waals surface area contributed by atoms with Crippen LogP contribution in [0.4, 0.5) is 0 Å². The van der Waals surface area contributed by atoms with Gasteiger partial charge in [0, 0.05) is 25.0 Å². The standard InChI is InChI=1S/C15H26N2O3/c1-10(2)16-14(18)7-8-17-12-6-4-3-5-11(12)9-13(17)15(19)20/h10-13H,3-9H2,1-2H3,(H,16,18)(H,19,20). The molecule has 0 bridgehead atoms. The van der Waals surface area contributed by atoms with Gasteiger partial charge in [0.15, 0.2) is 0 Å². The Kier molecular flexibility index (Phi) is 5.02. The molecule has 1 saturated heterocycles. The second kappa shape index (κ2) is 6.57. The number of rotatable bonds is 5. The minimum Gasteiger partial charge on any atom is -0.480 e. The van der Waals surface area contributed by atoms with Crippen molar-refractivity contribution >= 4 is 11.9 Å². The predicted octanol–water partition coefficient (Wildman–Crippen LogP) is 1.62. The maximum absolute atomic E-state index is 11.8. The minimum absolute atomic E-state index is 0.0170. The van der Waals surface area contributed by atoms with Crippen LogP contribution < -0.4 is 5.32 Å². The zero-order valence-corrected chi connectivity index (χ0v) is 12.5. The summed E-state index contributed by atoms with van der Waals surface area (Å²) in [5.74, 6) is -0.204. The van der Waals surface area contributed by atoms with Crippen LogP contribution >= 0.6 is 0 Å². The monoisotopic (exact) mass is 282 g/mol. The summed E-state index contributed by atoms with van der Waals surface area (Å²) in [6, 6.07) is 0.116. The lowest BCUT2D eigenvalue weighted by atomic mass is 9.85. The number of carboxylic acids is 1. The quantitative estimate of drug-likeness (QED) is 0.804. The number of hydrogen-bond donors (Lipinski definition) is 2. The molecule has 2 aliphatic rings. The van der Waals surface area contributed by atoms with E-state index in [1.165, 1.54) is 12.8 Å². The van der Waals surface area contributed by atoms with Crippen molar-refractivity contribution in [2.75, 3.05) is 6.54 Å². The Labute approximate surface area is 120 Å². The maximum atomic E-state index is 11.8. The number of fused-ring (bicyclic) bond motifs is 1. The molecule has 1 saturated carbocycles. The summed E-state index contributed by atoms with van der Waals surface area (Å²) in [6.45, 7) is 4.44. The Morgan fingerprint density at radius 1 is 1.30 bits per heavy atom. The van der Waals surface area contributed by atoms with E-state index in [4.69, 9.17) is 0 Å². The van der Waals surface area contributed by atoms with Gasteiger partial charge in [0.05, 0.1) is 0 Å². The van der Waals surface area contributed by atoms with E-state index in [1.807, 2.05) is 13.8 Å². The van der Waals surface area contributed by atoms with Gasteiger partial charge in [-0.1, -0.05) is 12.8 Å². The Bertz CT molecular complexity index is 370. The van der Waals surface area contributed by atoms with Crippen molar-refractivity contribution in [2.45, 2.75) is 70.5 Å². The van der Waals surface area contributed by atoms with Gasteiger partial charge in [0.1, 0.15) is 6.04 Å². The second-order valence-corrected chi connectivity index (χ2v) is 6.41. The number of hydrogen-bond acceptors (Lipinski definition) is 3. The van der Waals surface area contributed by atoms with Gasteiger partial charge in [-0.15, -0.1) is 0 Å². The molecule has 2 fully saturated rings. The van der Waals surface area contributed by atoms with E-state index in [9.17, 15) is 14.7 Å². The molecule has 3 atom stereocenters. The van der Waals surface area contributed by atoms with Gasteiger partial charge in [-0.05, 0) is 39.0 Å². The molecule has 3 unspecified atom stereocenters. The molecule has 0 spiro atoms. The Hall–Kier alpha value is -1.10. The maximum Gasteiger partial charge on any atom is 0.320 e. The number of amides is 1. The Morgan fingerprint density at radius 2 is 2.00 bits per heavy atom. The van der Waals surface area contributed by atoms with Crippen LogP contribution in [-0.4, -0.2) is 46.6 Å². The van der Waals surface area contributed by atoms with Crippen molar-refractivity contribution in [3.63, 3.8) is 0 Å². The van der Waals surface area contributed by atoms with E-state index in [1.54, 1.807) is 0 Å². The largest absolute Gasteiger partial charge is 0.480 e. The van der Waals surface area contributed by atoms with Crippen LogP contribution in [0.15, 0.2) is 0 Å². The first-order valence-corrected chi connectivity index (χ1v) is 7.77. The van der Waals surface area contributed by atoms with E-state index < -0.39 is 12.0 Å². The number of likely N-dealkylation sites (tertiary alicyclic amines) is 1. The molecular formula is C15H26N2O3. The van der Waals surface area contributed by atoms with Crippen LogP contribution in [0.3, 0.4) is 0 Å². The normalized spacial score (nSPS) is 30.2.